The van der Waals surface area contributed by atoms with Gasteiger partial charge in [0.25, 0.3) is 0 Å². The summed E-state index contributed by atoms with van der Waals surface area (Å²) in [4.78, 5) is 0.681. The molecule has 0 spiro atoms. The van der Waals surface area contributed by atoms with Crippen molar-refractivity contribution in [3.05, 3.63) is 22.4 Å². The van der Waals surface area contributed by atoms with Gasteiger partial charge in [0.2, 0.25) is 0 Å². The van der Waals surface area contributed by atoms with E-state index in [9.17, 15) is 13.5 Å². The molecule has 0 aliphatic heterocycles. The number of hydrogen-bond donors (Lipinski definition) is 1. The fourth-order valence-electron chi connectivity index (χ4n) is 0.992. The highest BCUT2D eigenvalue weighted by molar-refractivity contribution is 7.92. The monoisotopic (exact) mass is 234 g/mol. The summed E-state index contributed by atoms with van der Waals surface area (Å²) < 4.78 is 21.7. The van der Waals surface area contributed by atoms with E-state index in [2.05, 4.69) is 0 Å². The molecule has 0 amide bonds. The molecule has 0 aliphatic carbocycles. The van der Waals surface area contributed by atoms with E-state index in [4.69, 9.17) is 0 Å². The summed E-state index contributed by atoms with van der Waals surface area (Å²) in [5.74, 6) is 0. The molecule has 14 heavy (non-hydrogen) atoms. The fraction of sp³-hybridized carbons (Fsp3) is 0.556. The number of sulfone groups is 1. The first-order valence-corrected chi connectivity index (χ1v) is 6.95. The van der Waals surface area contributed by atoms with Gasteiger partial charge in [-0.1, -0.05) is 6.07 Å². The second-order valence-corrected chi connectivity index (χ2v) is 7.37. The zero-order valence-corrected chi connectivity index (χ0v) is 10.0. The van der Waals surface area contributed by atoms with E-state index in [1.54, 1.807) is 12.1 Å². The molecule has 0 aliphatic rings. The first-order valence-electron chi connectivity index (χ1n) is 4.18. The van der Waals surface area contributed by atoms with Crippen molar-refractivity contribution in [2.24, 2.45) is 0 Å². The van der Waals surface area contributed by atoms with E-state index in [0.717, 1.165) is 6.26 Å². The van der Waals surface area contributed by atoms with Crippen molar-refractivity contribution in [3.8, 4) is 0 Å². The molecule has 3 nitrogen and oxygen atoms in total. The quantitative estimate of drug-likeness (QED) is 0.864. The van der Waals surface area contributed by atoms with Gasteiger partial charge >= 0.3 is 0 Å². The van der Waals surface area contributed by atoms with E-state index in [1.165, 1.54) is 25.2 Å². The largest absolute Gasteiger partial charge is 0.386 e. The first-order chi connectivity index (χ1) is 6.27. The summed E-state index contributed by atoms with van der Waals surface area (Å²) in [5.41, 5.74) is 0. The van der Waals surface area contributed by atoms with Crippen LogP contribution in [0.2, 0.25) is 0 Å². The van der Waals surface area contributed by atoms with Gasteiger partial charge in [0.05, 0.1) is 4.75 Å². The normalized spacial score (nSPS) is 15.4. The predicted octanol–water partition coefficient (Wildman–Crippen LogP) is 1.60. The lowest BCUT2D eigenvalue weighted by Gasteiger charge is -2.27. The van der Waals surface area contributed by atoms with Crippen molar-refractivity contribution in [3.63, 3.8) is 0 Å². The molecule has 1 N–H and O–H groups in total. The SMILES string of the molecule is CC(C)(C(O)c1cccs1)S(C)(=O)=O. The fourth-order valence-corrected chi connectivity index (χ4v) is 2.49. The molecule has 5 heteroatoms. The second-order valence-electron chi connectivity index (χ2n) is 3.79. The molecule has 1 aromatic rings. The molecular formula is C9H14O3S2. The van der Waals surface area contributed by atoms with Crippen molar-refractivity contribution < 1.29 is 13.5 Å². The Morgan fingerprint density at radius 2 is 2.07 bits per heavy atom. The Kier molecular flexibility index (Phi) is 3.04. The highest BCUT2D eigenvalue weighted by Crippen LogP contribution is 2.34. The van der Waals surface area contributed by atoms with Gasteiger partial charge in [-0.25, -0.2) is 8.42 Å². The van der Waals surface area contributed by atoms with Crippen molar-refractivity contribution in [2.45, 2.75) is 24.7 Å². The molecule has 0 bridgehead atoms. The van der Waals surface area contributed by atoms with Gasteiger partial charge in [0, 0.05) is 11.1 Å². The lowest BCUT2D eigenvalue weighted by atomic mass is 10.1. The molecule has 1 heterocycles. The average molecular weight is 234 g/mol. The van der Waals surface area contributed by atoms with E-state index >= 15 is 0 Å². The number of hydrogen-bond acceptors (Lipinski definition) is 4. The minimum Gasteiger partial charge on any atom is -0.386 e. The van der Waals surface area contributed by atoms with Gasteiger partial charge in [0.1, 0.15) is 6.10 Å². The summed E-state index contributed by atoms with van der Waals surface area (Å²) in [6.07, 6.45) is 0.182. The first kappa shape index (κ1) is 11.7. The summed E-state index contributed by atoms with van der Waals surface area (Å²) in [6.45, 7) is 3.07. The van der Waals surface area contributed by atoms with Crippen LogP contribution in [0, 0.1) is 0 Å². The number of aliphatic hydroxyl groups is 1. The van der Waals surface area contributed by atoms with Crippen LogP contribution < -0.4 is 0 Å². The number of thiophene rings is 1. The van der Waals surface area contributed by atoms with E-state index in [-0.39, 0.29) is 0 Å². The van der Waals surface area contributed by atoms with Gasteiger partial charge in [0.15, 0.2) is 9.84 Å². The minimum atomic E-state index is -3.27. The van der Waals surface area contributed by atoms with Crippen molar-refractivity contribution in [1.82, 2.24) is 0 Å². The zero-order valence-electron chi connectivity index (χ0n) is 8.39. The Morgan fingerprint density at radius 1 is 1.50 bits per heavy atom. The van der Waals surface area contributed by atoms with Crippen LogP contribution in [0.25, 0.3) is 0 Å². The maximum absolute atomic E-state index is 11.4. The van der Waals surface area contributed by atoms with Crippen molar-refractivity contribution in [2.75, 3.05) is 6.26 Å². The Morgan fingerprint density at radius 3 is 2.43 bits per heavy atom. The maximum Gasteiger partial charge on any atom is 0.155 e. The number of rotatable bonds is 3. The van der Waals surface area contributed by atoms with E-state index < -0.39 is 20.7 Å². The molecular weight excluding hydrogens is 220 g/mol. The third kappa shape index (κ3) is 1.99. The van der Waals surface area contributed by atoms with Crippen LogP contribution >= 0.6 is 11.3 Å². The van der Waals surface area contributed by atoms with Gasteiger partial charge < -0.3 is 5.11 Å². The standard InChI is InChI=1S/C9H14O3S2/c1-9(2,14(3,11)12)8(10)7-5-4-6-13-7/h4-6,8,10H,1-3H3. The summed E-state index contributed by atoms with van der Waals surface area (Å²) in [6, 6.07) is 3.53. The third-order valence-corrected chi connectivity index (χ3v) is 5.49. The lowest BCUT2D eigenvalue weighted by molar-refractivity contribution is 0.143. The van der Waals surface area contributed by atoms with Gasteiger partial charge in [-0.3, -0.25) is 0 Å². The highest BCUT2D eigenvalue weighted by atomic mass is 32.2. The minimum absolute atomic E-state index is 0.681. The van der Waals surface area contributed by atoms with Crippen LogP contribution in [0.3, 0.4) is 0 Å². The zero-order chi connectivity index (χ0) is 11.0. The molecule has 1 aromatic heterocycles. The van der Waals surface area contributed by atoms with Crippen LogP contribution in [-0.4, -0.2) is 24.5 Å². The van der Waals surface area contributed by atoms with Gasteiger partial charge in [-0.2, -0.15) is 0 Å². The Labute approximate surface area is 88.3 Å². The van der Waals surface area contributed by atoms with Crippen LogP contribution in [0.5, 0.6) is 0 Å². The molecule has 0 saturated carbocycles. The molecule has 80 valence electrons. The van der Waals surface area contributed by atoms with Crippen LogP contribution in [0.15, 0.2) is 17.5 Å². The molecule has 1 atom stereocenters. The van der Waals surface area contributed by atoms with E-state index in [1.807, 2.05) is 5.38 Å². The van der Waals surface area contributed by atoms with Crippen LogP contribution in [0.4, 0.5) is 0 Å². The topological polar surface area (TPSA) is 54.4 Å². The lowest BCUT2D eigenvalue weighted by Crippen LogP contribution is -2.37. The van der Waals surface area contributed by atoms with Gasteiger partial charge in [-0.15, -0.1) is 11.3 Å². The molecule has 0 saturated heterocycles. The van der Waals surface area contributed by atoms with Gasteiger partial charge in [-0.05, 0) is 25.3 Å². The maximum atomic E-state index is 11.4. The summed E-state index contributed by atoms with van der Waals surface area (Å²) in [7, 11) is -3.27. The predicted molar refractivity (Wildman–Crippen MR) is 58.2 cm³/mol. The molecule has 0 aromatic carbocycles. The molecule has 1 rings (SSSR count). The van der Waals surface area contributed by atoms with Crippen molar-refractivity contribution in [1.29, 1.82) is 0 Å². The Bertz CT molecular complexity index is 390. The molecule has 1 unspecified atom stereocenters. The van der Waals surface area contributed by atoms with Crippen molar-refractivity contribution >= 4 is 21.2 Å². The Balaban J connectivity index is 3.07. The Hall–Kier alpha value is -0.390. The molecule has 0 radical (unpaired) electrons. The summed E-state index contributed by atoms with van der Waals surface area (Å²) in [5, 5.41) is 11.7. The molecule has 0 fully saturated rings. The summed E-state index contributed by atoms with van der Waals surface area (Å²) >= 11 is 1.36. The third-order valence-electron chi connectivity index (χ3n) is 2.43. The second kappa shape index (κ2) is 3.64. The average Bonchev–Trinajstić information content (AvgIpc) is 2.52. The smallest absolute Gasteiger partial charge is 0.155 e. The number of aliphatic hydroxyl groups excluding tert-OH is 1. The van der Waals surface area contributed by atoms with Crippen LogP contribution in [-0.2, 0) is 9.84 Å². The van der Waals surface area contributed by atoms with Crippen LogP contribution in [0.1, 0.15) is 24.8 Å². The highest BCUT2D eigenvalue weighted by Gasteiger charge is 2.39. The van der Waals surface area contributed by atoms with E-state index in [0.29, 0.717) is 4.88 Å².